The lowest BCUT2D eigenvalue weighted by molar-refractivity contribution is 0.115. The monoisotopic (exact) mass is 316 g/mol. The quantitative estimate of drug-likeness (QED) is 0.860. The van der Waals surface area contributed by atoms with Crippen LogP contribution >= 0.6 is 0 Å². The average Bonchev–Trinajstić information content (AvgIpc) is 3.23. The molecule has 0 aromatic carbocycles. The van der Waals surface area contributed by atoms with Gasteiger partial charge in [-0.1, -0.05) is 0 Å². The van der Waals surface area contributed by atoms with Crippen LogP contribution in [0.4, 0.5) is 4.79 Å². The number of pyridine rings is 1. The summed E-state index contributed by atoms with van der Waals surface area (Å²) >= 11 is 0. The second-order valence-electron chi connectivity index (χ2n) is 5.35. The highest BCUT2D eigenvalue weighted by Gasteiger charge is 2.26. The fourth-order valence-corrected chi connectivity index (χ4v) is 2.55. The van der Waals surface area contributed by atoms with Crippen molar-refractivity contribution in [3.8, 4) is 11.4 Å². The summed E-state index contributed by atoms with van der Waals surface area (Å²) in [4.78, 5) is 21.8. The van der Waals surface area contributed by atoms with E-state index in [2.05, 4.69) is 25.5 Å². The van der Waals surface area contributed by atoms with Crippen molar-refractivity contribution >= 4 is 6.09 Å². The largest absolute Gasteiger partial charge is 0.450 e. The Hall–Kier alpha value is -2.48. The summed E-state index contributed by atoms with van der Waals surface area (Å²) in [5.74, 6) is 1.43. The Labute approximate surface area is 134 Å². The summed E-state index contributed by atoms with van der Waals surface area (Å²) in [6.45, 7) is 4.18. The number of likely N-dealkylation sites (tertiary alicyclic amines) is 1. The van der Waals surface area contributed by atoms with E-state index in [4.69, 9.17) is 4.74 Å². The number of carbonyl (C=O) groups is 1. The summed E-state index contributed by atoms with van der Waals surface area (Å²) in [7, 11) is 0. The van der Waals surface area contributed by atoms with Crippen molar-refractivity contribution in [3.05, 3.63) is 30.4 Å². The summed E-state index contributed by atoms with van der Waals surface area (Å²) in [5.41, 5.74) is 0.928. The third kappa shape index (κ3) is 3.84. The molecule has 0 spiro atoms. The van der Waals surface area contributed by atoms with Crippen LogP contribution in [0.2, 0.25) is 0 Å². The molecule has 122 valence electrons. The number of nitrogens with one attached hydrogen (secondary N) is 2. The highest BCUT2D eigenvalue weighted by Crippen LogP contribution is 2.13. The number of ether oxygens (including phenoxy) is 1. The van der Waals surface area contributed by atoms with Crippen LogP contribution in [0.1, 0.15) is 19.2 Å². The lowest BCUT2D eigenvalue weighted by atomic mass is 10.2. The molecule has 2 aromatic rings. The summed E-state index contributed by atoms with van der Waals surface area (Å²) in [6.07, 6.45) is 4.10. The Kier molecular flexibility index (Phi) is 4.82. The fraction of sp³-hybridized carbons (Fsp3) is 0.467. The fourth-order valence-electron chi connectivity index (χ4n) is 2.55. The van der Waals surface area contributed by atoms with Gasteiger partial charge in [-0.15, -0.1) is 0 Å². The predicted molar refractivity (Wildman–Crippen MR) is 83.5 cm³/mol. The lowest BCUT2D eigenvalue weighted by Gasteiger charge is -2.15. The van der Waals surface area contributed by atoms with Gasteiger partial charge in [0.1, 0.15) is 5.82 Å². The molecule has 1 atom stereocenters. The first kappa shape index (κ1) is 15.4. The molecule has 2 aromatic heterocycles. The molecule has 0 saturated carbocycles. The molecule has 1 aliphatic heterocycles. The van der Waals surface area contributed by atoms with Crippen molar-refractivity contribution in [2.75, 3.05) is 19.7 Å². The maximum atomic E-state index is 11.7. The van der Waals surface area contributed by atoms with E-state index in [1.807, 2.05) is 19.1 Å². The number of H-pyrrole nitrogens is 1. The molecule has 3 heterocycles. The molecule has 1 saturated heterocycles. The van der Waals surface area contributed by atoms with E-state index < -0.39 is 0 Å². The topological polar surface area (TPSA) is 96.0 Å². The van der Waals surface area contributed by atoms with Gasteiger partial charge in [0.15, 0.2) is 5.82 Å². The minimum Gasteiger partial charge on any atom is -0.450 e. The Bertz CT molecular complexity index is 644. The number of nitrogens with zero attached hydrogens (tertiary/aromatic N) is 4. The lowest BCUT2D eigenvalue weighted by Crippen LogP contribution is -2.35. The Morgan fingerprint density at radius 1 is 1.48 bits per heavy atom. The molecular weight excluding hydrogens is 296 g/mol. The van der Waals surface area contributed by atoms with E-state index in [0.717, 1.165) is 24.4 Å². The van der Waals surface area contributed by atoms with Crippen molar-refractivity contribution in [1.29, 1.82) is 0 Å². The molecule has 1 amide bonds. The van der Waals surface area contributed by atoms with Gasteiger partial charge in [-0.25, -0.2) is 9.78 Å². The number of hydrogen-bond acceptors (Lipinski definition) is 6. The standard InChI is InChI=1S/C15H20N6O2/c1-2-23-15(22)21-8-5-12(10-21)17-9-13-18-14(20-19-13)11-3-6-16-7-4-11/h3-4,6-7,12,17H,2,5,8-10H2,1H3,(H,18,19,20)/t12-/m1/s1. The highest BCUT2D eigenvalue weighted by atomic mass is 16.6. The van der Waals surface area contributed by atoms with Gasteiger partial charge in [-0.2, -0.15) is 5.10 Å². The molecule has 0 bridgehead atoms. The van der Waals surface area contributed by atoms with Crippen LogP contribution in [-0.4, -0.2) is 56.9 Å². The van der Waals surface area contributed by atoms with Crippen molar-refractivity contribution in [3.63, 3.8) is 0 Å². The van der Waals surface area contributed by atoms with Gasteiger partial charge in [0, 0.05) is 37.1 Å². The SMILES string of the molecule is CCOC(=O)N1CC[C@@H](NCc2nc(-c3ccncc3)n[nH]2)C1. The van der Waals surface area contributed by atoms with Gasteiger partial charge >= 0.3 is 6.09 Å². The van der Waals surface area contributed by atoms with Gasteiger partial charge in [0.05, 0.1) is 13.2 Å². The van der Waals surface area contributed by atoms with E-state index >= 15 is 0 Å². The van der Waals surface area contributed by atoms with Crippen LogP contribution in [0.15, 0.2) is 24.5 Å². The average molecular weight is 316 g/mol. The first-order valence-corrected chi connectivity index (χ1v) is 7.73. The molecule has 3 rings (SSSR count). The molecule has 23 heavy (non-hydrogen) atoms. The van der Waals surface area contributed by atoms with Gasteiger partial charge in [-0.05, 0) is 25.5 Å². The number of amides is 1. The van der Waals surface area contributed by atoms with Crippen LogP contribution in [0.25, 0.3) is 11.4 Å². The third-order valence-corrected chi connectivity index (χ3v) is 3.74. The van der Waals surface area contributed by atoms with Crippen molar-refractivity contribution in [2.45, 2.75) is 25.9 Å². The molecule has 8 nitrogen and oxygen atoms in total. The first-order chi connectivity index (χ1) is 11.3. The zero-order valence-electron chi connectivity index (χ0n) is 13.0. The zero-order chi connectivity index (χ0) is 16.1. The second kappa shape index (κ2) is 7.19. The minimum absolute atomic E-state index is 0.239. The summed E-state index contributed by atoms with van der Waals surface area (Å²) in [5, 5.41) is 10.5. The van der Waals surface area contributed by atoms with Crippen LogP contribution < -0.4 is 5.32 Å². The molecular formula is C15H20N6O2. The highest BCUT2D eigenvalue weighted by molar-refractivity contribution is 5.68. The van der Waals surface area contributed by atoms with Crippen molar-refractivity contribution in [1.82, 2.24) is 30.4 Å². The predicted octanol–water partition coefficient (Wildman–Crippen LogP) is 1.19. The second-order valence-corrected chi connectivity index (χ2v) is 5.35. The molecule has 1 aliphatic rings. The maximum absolute atomic E-state index is 11.7. The van der Waals surface area contributed by atoms with Crippen LogP contribution in [0.3, 0.4) is 0 Å². The van der Waals surface area contributed by atoms with Crippen molar-refractivity contribution < 1.29 is 9.53 Å². The van der Waals surface area contributed by atoms with Crippen LogP contribution in [0.5, 0.6) is 0 Å². The molecule has 0 unspecified atom stereocenters. The number of hydrogen-bond donors (Lipinski definition) is 2. The molecule has 1 fully saturated rings. The van der Waals surface area contributed by atoms with Crippen molar-refractivity contribution in [2.24, 2.45) is 0 Å². The van der Waals surface area contributed by atoms with Gasteiger partial charge < -0.3 is 15.0 Å². The van der Waals surface area contributed by atoms with Crippen LogP contribution in [0, 0.1) is 0 Å². The van der Waals surface area contributed by atoms with Crippen LogP contribution in [-0.2, 0) is 11.3 Å². The third-order valence-electron chi connectivity index (χ3n) is 3.74. The Morgan fingerprint density at radius 2 is 2.30 bits per heavy atom. The number of aromatic amines is 1. The maximum Gasteiger partial charge on any atom is 0.409 e. The van der Waals surface area contributed by atoms with E-state index in [0.29, 0.717) is 25.5 Å². The zero-order valence-corrected chi connectivity index (χ0v) is 13.0. The van der Waals surface area contributed by atoms with E-state index in [9.17, 15) is 4.79 Å². The normalized spacial score (nSPS) is 17.4. The van der Waals surface area contributed by atoms with Gasteiger partial charge in [0.25, 0.3) is 0 Å². The van der Waals surface area contributed by atoms with E-state index in [1.54, 1.807) is 17.3 Å². The molecule has 0 aliphatic carbocycles. The van der Waals surface area contributed by atoms with Gasteiger partial charge in [0.2, 0.25) is 0 Å². The van der Waals surface area contributed by atoms with Gasteiger partial charge in [-0.3, -0.25) is 10.1 Å². The Balaban J connectivity index is 1.50. The smallest absolute Gasteiger partial charge is 0.409 e. The van der Waals surface area contributed by atoms with E-state index in [-0.39, 0.29) is 12.1 Å². The molecule has 2 N–H and O–H groups in total. The van der Waals surface area contributed by atoms with E-state index in [1.165, 1.54) is 0 Å². The summed E-state index contributed by atoms with van der Waals surface area (Å²) < 4.78 is 5.01. The first-order valence-electron chi connectivity index (χ1n) is 7.73. The number of carbonyl (C=O) groups excluding carboxylic acids is 1. The number of rotatable bonds is 5. The summed E-state index contributed by atoms with van der Waals surface area (Å²) in [6, 6.07) is 3.98. The molecule has 0 radical (unpaired) electrons. The minimum atomic E-state index is -0.239. The number of aromatic nitrogens is 4. The molecule has 8 heteroatoms. The Morgan fingerprint density at radius 3 is 3.09 bits per heavy atom.